The van der Waals surface area contributed by atoms with Crippen LogP contribution in [0.3, 0.4) is 0 Å². The molecule has 1 saturated heterocycles. The first-order valence-electron chi connectivity index (χ1n) is 10.9. The Labute approximate surface area is 186 Å². The number of aryl methyl sites for hydroxylation is 1. The zero-order valence-corrected chi connectivity index (χ0v) is 17.9. The van der Waals surface area contributed by atoms with Crippen LogP contribution in [-0.2, 0) is 21.5 Å². The number of urea groups is 1. The van der Waals surface area contributed by atoms with Gasteiger partial charge in [0, 0.05) is 18.7 Å². The number of amides is 4. The molecule has 0 spiro atoms. The number of carbonyl (C=O) groups is 3. The Kier molecular flexibility index (Phi) is 5.00. The minimum Gasteiger partial charge on any atom is -0.490 e. The van der Waals surface area contributed by atoms with Crippen LogP contribution in [0.4, 0.5) is 10.5 Å². The van der Waals surface area contributed by atoms with Gasteiger partial charge in [-0.25, -0.2) is 4.79 Å². The molecule has 3 aliphatic heterocycles. The topological polar surface area (TPSA) is 88.2 Å². The van der Waals surface area contributed by atoms with Crippen LogP contribution in [-0.4, -0.2) is 49.0 Å². The summed E-state index contributed by atoms with van der Waals surface area (Å²) in [5.74, 6) is 0.421. The molecule has 0 bridgehead atoms. The molecule has 0 radical (unpaired) electrons. The molecule has 3 aliphatic rings. The molecule has 0 saturated carbocycles. The van der Waals surface area contributed by atoms with E-state index in [1.165, 1.54) is 0 Å². The lowest BCUT2D eigenvalue weighted by Crippen LogP contribution is -2.46. The van der Waals surface area contributed by atoms with E-state index < -0.39 is 17.5 Å². The van der Waals surface area contributed by atoms with Crippen LogP contribution in [0.25, 0.3) is 0 Å². The number of imide groups is 1. The number of hydrogen-bond donors (Lipinski definition) is 1. The van der Waals surface area contributed by atoms with E-state index in [1.807, 2.05) is 24.3 Å². The Bertz CT molecular complexity index is 1100. The van der Waals surface area contributed by atoms with E-state index >= 15 is 0 Å². The van der Waals surface area contributed by atoms with Gasteiger partial charge in [0.25, 0.3) is 5.91 Å². The van der Waals surface area contributed by atoms with Crippen LogP contribution in [0.2, 0.25) is 0 Å². The van der Waals surface area contributed by atoms with Crippen molar-refractivity contribution in [1.29, 1.82) is 0 Å². The van der Waals surface area contributed by atoms with Gasteiger partial charge in [-0.2, -0.15) is 0 Å². The zero-order valence-electron chi connectivity index (χ0n) is 17.9. The third-order valence-electron chi connectivity index (χ3n) is 6.30. The molecule has 1 atom stereocenters. The molecule has 4 amide bonds. The van der Waals surface area contributed by atoms with Crippen LogP contribution in [0.1, 0.15) is 30.9 Å². The fraction of sp³-hybridized carbons (Fsp3) is 0.375. The number of benzene rings is 2. The van der Waals surface area contributed by atoms with Gasteiger partial charge in [0.2, 0.25) is 5.91 Å². The predicted molar refractivity (Wildman–Crippen MR) is 117 cm³/mol. The van der Waals surface area contributed by atoms with E-state index in [2.05, 4.69) is 5.32 Å². The number of ether oxygens (including phenoxy) is 2. The molecule has 8 heteroatoms. The molecule has 1 N–H and O–H groups in total. The van der Waals surface area contributed by atoms with Crippen molar-refractivity contribution in [3.63, 3.8) is 0 Å². The Hall–Kier alpha value is -3.55. The van der Waals surface area contributed by atoms with Crippen LogP contribution >= 0.6 is 0 Å². The monoisotopic (exact) mass is 435 g/mol. The van der Waals surface area contributed by atoms with Gasteiger partial charge in [0.1, 0.15) is 12.1 Å². The Morgan fingerprint density at radius 3 is 2.69 bits per heavy atom. The van der Waals surface area contributed by atoms with Gasteiger partial charge in [0.15, 0.2) is 11.5 Å². The number of nitrogens with zero attached hydrogens (tertiary/aromatic N) is 2. The highest BCUT2D eigenvalue weighted by Gasteiger charge is 2.50. The normalized spacial score (nSPS) is 22.3. The molecular weight excluding hydrogens is 410 g/mol. The molecule has 8 nitrogen and oxygen atoms in total. The lowest BCUT2D eigenvalue weighted by Gasteiger charge is -2.30. The van der Waals surface area contributed by atoms with Crippen molar-refractivity contribution in [2.75, 3.05) is 31.2 Å². The number of carbonyl (C=O) groups excluding carboxylic acids is 3. The zero-order chi connectivity index (χ0) is 22.3. The first-order chi connectivity index (χ1) is 15.5. The number of hydrogen-bond acceptors (Lipinski definition) is 5. The Balaban J connectivity index is 1.38. The molecule has 0 aromatic heterocycles. The second-order valence-corrected chi connectivity index (χ2v) is 8.44. The summed E-state index contributed by atoms with van der Waals surface area (Å²) in [6.45, 7) is 2.99. The molecular formula is C24H25N3O5. The van der Waals surface area contributed by atoms with Gasteiger partial charge in [0.05, 0.1) is 13.2 Å². The van der Waals surface area contributed by atoms with Crippen LogP contribution in [0.5, 0.6) is 11.5 Å². The van der Waals surface area contributed by atoms with E-state index in [1.54, 1.807) is 30.0 Å². The van der Waals surface area contributed by atoms with Crippen LogP contribution in [0.15, 0.2) is 42.5 Å². The SMILES string of the molecule is CC1(c2ccc3c(c2)OCCCO3)NC(=O)N(CC(=O)N2CCCc3ccccc32)C1=O. The first-order valence-corrected chi connectivity index (χ1v) is 10.9. The third-order valence-corrected chi connectivity index (χ3v) is 6.30. The number of anilines is 1. The van der Waals surface area contributed by atoms with Crippen molar-refractivity contribution in [2.24, 2.45) is 0 Å². The Morgan fingerprint density at radius 1 is 1.06 bits per heavy atom. The largest absolute Gasteiger partial charge is 0.490 e. The number of para-hydroxylation sites is 1. The smallest absolute Gasteiger partial charge is 0.325 e. The minimum absolute atomic E-state index is 0.274. The standard InChI is InChI=1S/C24H25N3O5/c1-24(17-9-10-19-20(14-17)32-13-5-12-31-19)22(29)27(23(30)25-24)15-21(28)26-11-4-7-16-6-2-3-8-18(16)26/h2-3,6,8-10,14H,4-5,7,11-13,15H2,1H3,(H,25,30). The van der Waals surface area contributed by atoms with Crippen LogP contribution in [0, 0.1) is 0 Å². The predicted octanol–water partition coefficient (Wildman–Crippen LogP) is 2.59. The van der Waals surface area contributed by atoms with Gasteiger partial charge < -0.3 is 19.7 Å². The van der Waals surface area contributed by atoms with Crippen molar-refractivity contribution in [3.8, 4) is 11.5 Å². The average molecular weight is 435 g/mol. The number of fused-ring (bicyclic) bond motifs is 2. The van der Waals surface area contributed by atoms with Gasteiger partial charge in [-0.05, 0) is 49.1 Å². The maximum Gasteiger partial charge on any atom is 0.325 e. The fourth-order valence-corrected chi connectivity index (χ4v) is 4.52. The summed E-state index contributed by atoms with van der Waals surface area (Å²) in [6, 6.07) is 12.4. The maximum atomic E-state index is 13.3. The number of nitrogens with one attached hydrogen (secondary N) is 1. The highest BCUT2D eigenvalue weighted by atomic mass is 16.5. The summed E-state index contributed by atoms with van der Waals surface area (Å²) in [7, 11) is 0. The molecule has 1 fully saturated rings. The summed E-state index contributed by atoms with van der Waals surface area (Å²) in [5.41, 5.74) is 1.24. The highest BCUT2D eigenvalue weighted by molar-refractivity contribution is 6.10. The van der Waals surface area contributed by atoms with Crippen molar-refractivity contribution < 1.29 is 23.9 Å². The van der Waals surface area contributed by atoms with Crippen molar-refractivity contribution in [3.05, 3.63) is 53.6 Å². The number of rotatable bonds is 3. The van der Waals surface area contributed by atoms with Gasteiger partial charge >= 0.3 is 6.03 Å². The maximum absolute atomic E-state index is 13.3. The molecule has 3 heterocycles. The highest BCUT2D eigenvalue weighted by Crippen LogP contribution is 2.37. The molecule has 5 rings (SSSR count). The summed E-state index contributed by atoms with van der Waals surface area (Å²) < 4.78 is 11.4. The second-order valence-electron chi connectivity index (χ2n) is 8.44. The summed E-state index contributed by atoms with van der Waals surface area (Å²) in [5, 5.41) is 2.77. The molecule has 166 valence electrons. The molecule has 2 aromatic rings. The molecule has 0 aliphatic carbocycles. The minimum atomic E-state index is -1.29. The van der Waals surface area contributed by atoms with Crippen molar-refractivity contribution >= 4 is 23.5 Å². The van der Waals surface area contributed by atoms with E-state index in [-0.39, 0.29) is 12.5 Å². The summed E-state index contributed by atoms with van der Waals surface area (Å²) in [6.07, 6.45) is 2.52. The van der Waals surface area contributed by atoms with Crippen LogP contribution < -0.4 is 19.7 Å². The van der Waals surface area contributed by atoms with E-state index in [0.29, 0.717) is 36.8 Å². The summed E-state index contributed by atoms with van der Waals surface area (Å²) >= 11 is 0. The van der Waals surface area contributed by atoms with Gasteiger partial charge in [-0.1, -0.05) is 24.3 Å². The Morgan fingerprint density at radius 2 is 1.84 bits per heavy atom. The van der Waals surface area contributed by atoms with Crippen molar-refractivity contribution in [1.82, 2.24) is 10.2 Å². The third kappa shape index (κ3) is 3.36. The second kappa shape index (κ2) is 7.85. The lowest BCUT2D eigenvalue weighted by molar-refractivity contribution is -0.134. The molecule has 32 heavy (non-hydrogen) atoms. The average Bonchev–Trinajstić information content (AvgIpc) is 2.96. The van der Waals surface area contributed by atoms with Crippen molar-refractivity contribution in [2.45, 2.75) is 31.7 Å². The van der Waals surface area contributed by atoms with Gasteiger partial charge in [-0.3, -0.25) is 14.5 Å². The van der Waals surface area contributed by atoms with E-state index in [4.69, 9.17) is 9.47 Å². The first kappa shape index (κ1) is 20.4. The quantitative estimate of drug-likeness (QED) is 0.749. The van der Waals surface area contributed by atoms with Gasteiger partial charge in [-0.15, -0.1) is 0 Å². The lowest BCUT2D eigenvalue weighted by atomic mass is 9.91. The summed E-state index contributed by atoms with van der Waals surface area (Å²) in [4.78, 5) is 41.9. The van der Waals surface area contributed by atoms with E-state index in [0.717, 1.165) is 35.4 Å². The van der Waals surface area contributed by atoms with E-state index in [9.17, 15) is 14.4 Å². The fourth-order valence-electron chi connectivity index (χ4n) is 4.52. The molecule has 1 unspecified atom stereocenters. The molecule has 2 aromatic carbocycles.